The summed E-state index contributed by atoms with van der Waals surface area (Å²) in [6.07, 6.45) is 2.57. The van der Waals surface area contributed by atoms with Gasteiger partial charge in [0.15, 0.2) is 0 Å². The zero-order valence-electron chi connectivity index (χ0n) is 10.0. The van der Waals surface area contributed by atoms with E-state index in [4.69, 9.17) is 10.2 Å². The zero-order chi connectivity index (χ0) is 13.9. The molecular formula is C12H8N6O2. The van der Waals surface area contributed by atoms with E-state index >= 15 is 0 Å². The molecule has 0 unspecified atom stereocenters. The Kier molecular flexibility index (Phi) is 2.88. The van der Waals surface area contributed by atoms with Crippen molar-refractivity contribution in [2.24, 2.45) is 0 Å². The molecule has 0 atom stereocenters. The van der Waals surface area contributed by atoms with Crippen molar-refractivity contribution in [2.45, 2.75) is 0 Å². The van der Waals surface area contributed by atoms with Gasteiger partial charge in [-0.2, -0.15) is 0 Å². The van der Waals surface area contributed by atoms with Crippen LogP contribution in [0.25, 0.3) is 23.0 Å². The summed E-state index contributed by atoms with van der Waals surface area (Å²) in [4.78, 5) is 7.92. The maximum Gasteiger partial charge on any atom is 0.221 e. The molecule has 8 nitrogen and oxygen atoms in total. The normalized spacial score (nSPS) is 10.4. The summed E-state index contributed by atoms with van der Waals surface area (Å²) >= 11 is 0. The van der Waals surface area contributed by atoms with Gasteiger partial charge in [-0.05, 0) is 24.3 Å². The Hall–Kier alpha value is -3.16. The van der Waals surface area contributed by atoms with E-state index in [-0.39, 0.29) is 23.1 Å². The minimum Gasteiger partial charge on any atom is -0.506 e. The van der Waals surface area contributed by atoms with Crippen LogP contribution in [0, 0.1) is 0 Å². The fraction of sp³-hybridized carbons (Fsp3) is 0. The number of hydrogen-bond acceptors (Lipinski definition) is 8. The van der Waals surface area contributed by atoms with E-state index in [0.29, 0.717) is 11.4 Å². The fourth-order valence-electron chi connectivity index (χ4n) is 1.47. The molecule has 3 rings (SSSR count). The predicted octanol–water partition coefficient (Wildman–Crippen LogP) is 0.802. The van der Waals surface area contributed by atoms with Gasteiger partial charge in [0.05, 0.1) is 12.4 Å². The van der Waals surface area contributed by atoms with Crippen LogP contribution in [0.1, 0.15) is 0 Å². The molecule has 0 aliphatic heterocycles. The van der Waals surface area contributed by atoms with Gasteiger partial charge in [-0.1, -0.05) is 0 Å². The van der Waals surface area contributed by atoms with Crippen LogP contribution in [-0.2, 0) is 0 Å². The summed E-state index contributed by atoms with van der Waals surface area (Å²) in [5, 5.41) is 33.9. The Morgan fingerprint density at radius 3 is 1.30 bits per heavy atom. The zero-order valence-corrected chi connectivity index (χ0v) is 10.0. The Balaban J connectivity index is 1.91. The summed E-state index contributed by atoms with van der Waals surface area (Å²) in [6, 6.07) is 6.07. The third-order valence-corrected chi connectivity index (χ3v) is 2.43. The van der Waals surface area contributed by atoms with Gasteiger partial charge in [-0.15, -0.1) is 20.4 Å². The maximum absolute atomic E-state index is 9.16. The second-order valence-electron chi connectivity index (χ2n) is 3.85. The van der Waals surface area contributed by atoms with Crippen molar-refractivity contribution in [1.82, 2.24) is 30.4 Å². The first-order chi connectivity index (χ1) is 9.72. The lowest BCUT2D eigenvalue weighted by Gasteiger charge is -2.00. The van der Waals surface area contributed by atoms with Crippen molar-refractivity contribution >= 4 is 0 Å². The number of nitrogens with zero attached hydrogens (tertiary/aromatic N) is 6. The quantitative estimate of drug-likeness (QED) is 0.700. The average molecular weight is 268 g/mol. The first-order valence-corrected chi connectivity index (χ1v) is 5.60. The third-order valence-electron chi connectivity index (χ3n) is 2.43. The molecule has 8 heteroatoms. The Morgan fingerprint density at radius 1 is 0.600 bits per heavy atom. The van der Waals surface area contributed by atoms with Gasteiger partial charge in [0.25, 0.3) is 0 Å². The highest BCUT2D eigenvalue weighted by Gasteiger charge is 2.08. The average Bonchev–Trinajstić information content (AvgIpc) is 2.49. The van der Waals surface area contributed by atoms with Crippen molar-refractivity contribution in [2.75, 3.05) is 0 Å². The van der Waals surface area contributed by atoms with E-state index in [2.05, 4.69) is 30.4 Å². The van der Waals surface area contributed by atoms with Crippen LogP contribution >= 0.6 is 0 Å². The second kappa shape index (κ2) is 4.84. The van der Waals surface area contributed by atoms with Crippen LogP contribution in [0.2, 0.25) is 0 Å². The van der Waals surface area contributed by atoms with Crippen LogP contribution in [-0.4, -0.2) is 40.6 Å². The molecule has 3 heterocycles. The van der Waals surface area contributed by atoms with Gasteiger partial charge in [0.1, 0.15) is 22.9 Å². The van der Waals surface area contributed by atoms with Crippen LogP contribution in [0.5, 0.6) is 11.5 Å². The molecule has 0 saturated heterocycles. The summed E-state index contributed by atoms with van der Waals surface area (Å²) in [5.41, 5.74) is 0.904. The van der Waals surface area contributed by atoms with E-state index in [0.717, 1.165) is 0 Å². The maximum atomic E-state index is 9.16. The van der Waals surface area contributed by atoms with E-state index in [1.807, 2.05) is 0 Å². The lowest BCUT2D eigenvalue weighted by atomic mass is 10.3. The van der Waals surface area contributed by atoms with Crippen molar-refractivity contribution in [3.8, 4) is 34.5 Å². The molecule has 0 aliphatic rings. The molecule has 3 aromatic heterocycles. The van der Waals surface area contributed by atoms with Crippen LogP contribution < -0.4 is 0 Å². The molecular weight excluding hydrogens is 260 g/mol. The Morgan fingerprint density at radius 2 is 1.00 bits per heavy atom. The lowest BCUT2D eigenvalue weighted by Crippen LogP contribution is -2.01. The molecule has 2 N–H and O–H groups in total. The highest BCUT2D eigenvalue weighted by Crippen LogP contribution is 2.16. The summed E-state index contributed by atoms with van der Waals surface area (Å²) in [7, 11) is 0. The molecule has 0 spiro atoms. The molecule has 0 bridgehead atoms. The number of pyridine rings is 2. The first-order valence-electron chi connectivity index (χ1n) is 5.60. The molecule has 20 heavy (non-hydrogen) atoms. The minimum absolute atomic E-state index is 0.0552. The topological polar surface area (TPSA) is 118 Å². The van der Waals surface area contributed by atoms with Gasteiger partial charge in [-0.3, -0.25) is 0 Å². The molecule has 0 fully saturated rings. The minimum atomic E-state index is 0.0552. The monoisotopic (exact) mass is 268 g/mol. The fourth-order valence-corrected chi connectivity index (χ4v) is 1.47. The van der Waals surface area contributed by atoms with Crippen molar-refractivity contribution in [3.05, 3.63) is 36.7 Å². The molecule has 3 aromatic rings. The van der Waals surface area contributed by atoms with Crippen molar-refractivity contribution in [3.63, 3.8) is 0 Å². The molecule has 0 radical (unpaired) electrons. The lowest BCUT2D eigenvalue weighted by molar-refractivity contribution is 0.472. The molecule has 0 saturated carbocycles. The number of aromatic hydroxyl groups is 2. The van der Waals surface area contributed by atoms with Gasteiger partial charge >= 0.3 is 0 Å². The highest BCUT2D eigenvalue weighted by molar-refractivity contribution is 5.51. The number of aromatic nitrogens is 6. The molecule has 0 aliphatic carbocycles. The number of hydrogen-bond donors (Lipinski definition) is 2. The van der Waals surface area contributed by atoms with Gasteiger partial charge in [0.2, 0.25) is 11.6 Å². The molecule has 98 valence electrons. The van der Waals surface area contributed by atoms with Gasteiger partial charge < -0.3 is 10.2 Å². The predicted molar refractivity (Wildman–Crippen MR) is 67.4 cm³/mol. The van der Waals surface area contributed by atoms with Crippen molar-refractivity contribution < 1.29 is 10.2 Å². The van der Waals surface area contributed by atoms with E-state index in [1.54, 1.807) is 12.1 Å². The van der Waals surface area contributed by atoms with Crippen LogP contribution in [0.3, 0.4) is 0 Å². The first kappa shape index (κ1) is 11.9. The van der Waals surface area contributed by atoms with E-state index < -0.39 is 0 Å². The van der Waals surface area contributed by atoms with Gasteiger partial charge in [-0.25, -0.2) is 9.97 Å². The van der Waals surface area contributed by atoms with Crippen LogP contribution in [0.4, 0.5) is 0 Å². The SMILES string of the molecule is Oc1ccc(-c2nnc(-c3ccc(O)cn3)nn2)nc1. The summed E-state index contributed by atoms with van der Waals surface area (Å²) in [5.74, 6) is 0.597. The summed E-state index contributed by atoms with van der Waals surface area (Å²) < 4.78 is 0. The Bertz CT molecular complexity index is 648. The van der Waals surface area contributed by atoms with Gasteiger partial charge in [0, 0.05) is 0 Å². The molecule has 0 amide bonds. The largest absolute Gasteiger partial charge is 0.506 e. The standard InChI is InChI=1S/C12H8N6O2/c19-7-1-3-9(13-5-7)11-15-17-12(18-16-11)10-4-2-8(20)6-14-10/h1-6,19-20H. The second-order valence-corrected chi connectivity index (χ2v) is 3.85. The van der Waals surface area contributed by atoms with E-state index in [9.17, 15) is 0 Å². The third kappa shape index (κ3) is 2.34. The smallest absolute Gasteiger partial charge is 0.221 e. The number of rotatable bonds is 2. The highest BCUT2D eigenvalue weighted by atomic mass is 16.3. The van der Waals surface area contributed by atoms with Crippen molar-refractivity contribution in [1.29, 1.82) is 0 Å². The summed E-state index contributed by atoms with van der Waals surface area (Å²) in [6.45, 7) is 0. The van der Waals surface area contributed by atoms with Crippen LogP contribution in [0.15, 0.2) is 36.7 Å². The van der Waals surface area contributed by atoms with E-state index in [1.165, 1.54) is 24.5 Å². The molecule has 0 aromatic carbocycles. The Labute approximate surface area is 112 Å².